The quantitative estimate of drug-likeness (QED) is 0.262. The van der Waals surface area contributed by atoms with Gasteiger partial charge in [0.05, 0.1) is 28.7 Å². The molecule has 14 heteroatoms. The molecule has 1 aliphatic heterocycles. The third kappa shape index (κ3) is 4.99. The first-order chi connectivity index (χ1) is 17.3. The Bertz CT molecular complexity index is 1390. The molecule has 37 heavy (non-hydrogen) atoms. The van der Waals surface area contributed by atoms with Crippen LogP contribution < -0.4 is 10.1 Å². The molecule has 0 spiro atoms. The second-order valence-corrected chi connectivity index (χ2v) is 8.43. The van der Waals surface area contributed by atoms with Gasteiger partial charge in [-0.2, -0.15) is 32.2 Å². The molecule has 1 aliphatic rings. The topological polar surface area (TPSA) is 88.8 Å². The molecule has 194 valence electrons. The number of ether oxygens (including phenoxy) is 1. The Balaban J connectivity index is 1.59. The van der Waals surface area contributed by atoms with Gasteiger partial charge in [-0.3, -0.25) is 4.79 Å². The summed E-state index contributed by atoms with van der Waals surface area (Å²) in [6, 6.07) is 8.66. The summed E-state index contributed by atoms with van der Waals surface area (Å²) in [6.45, 7) is -0.0845. The summed E-state index contributed by atoms with van der Waals surface area (Å²) in [4.78, 5) is 25.6. The molecular formula is C23H17ClF5N5O3. The molecule has 0 bridgehead atoms. The minimum Gasteiger partial charge on any atom is -0.435 e. The first-order valence-electron chi connectivity index (χ1n) is 10.5. The van der Waals surface area contributed by atoms with Crippen LogP contribution in [-0.2, 0) is 16.5 Å². The van der Waals surface area contributed by atoms with Gasteiger partial charge in [0.25, 0.3) is 5.91 Å². The highest BCUT2D eigenvalue weighted by Crippen LogP contribution is 2.33. The van der Waals surface area contributed by atoms with Gasteiger partial charge in [-0.25, -0.2) is 9.48 Å². The predicted molar refractivity (Wildman–Crippen MR) is 122 cm³/mol. The van der Waals surface area contributed by atoms with E-state index in [-0.39, 0.29) is 33.4 Å². The van der Waals surface area contributed by atoms with Crippen molar-refractivity contribution in [3.05, 3.63) is 76.1 Å². The summed E-state index contributed by atoms with van der Waals surface area (Å²) in [6.07, 6.45) is -3.47. The van der Waals surface area contributed by atoms with E-state index in [9.17, 15) is 31.5 Å². The number of hydrogen-bond acceptors (Lipinski definition) is 5. The van der Waals surface area contributed by atoms with Gasteiger partial charge in [0.2, 0.25) is 0 Å². The number of alkyl halides is 5. The van der Waals surface area contributed by atoms with Gasteiger partial charge < -0.3 is 10.1 Å². The zero-order chi connectivity index (χ0) is 27.1. The van der Waals surface area contributed by atoms with Crippen molar-refractivity contribution in [2.75, 3.05) is 0 Å². The maximum Gasteiger partial charge on any atom is 0.416 e. The molecule has 2 aromatic carbocycles. The van der Waals surface area contributed by atoms with E-state index in [0.717, 1.165) is 23.0 Å². The molecule has 1 aromatic heterocycles. The van der Waals surface area contributed by atoms with E-state index in [0.29, 0.717) is 5.01 Å². The van der Waals surface area contributed by atoms with E-state index in [1.807, 2.05) is 0 Å². The third-order valence-corrected chi connectivity index (χ3v) is 5.96. The molecule has 1 fully saturated rings. The van der Waals surface area contributed by atoms with Crippen LogP contribution in [0, 0.1) is 6.92 Å². The fraction of sp³-hybridized carbons (Fsp3) is 0.217. The number of nitrogens with zero attached hydrogens (tertiary/aromatic N) is 4. The number of nitrogens with one attached hydrogen (secondary N) is 1. The van der Waals surface area contributed by atoms with Crippen molar-refractivity contribution < 1.29 is 36.3 Å². The number of halogens is 6. The lowest BCUT2D eigenvalue weighted by molar-refractivity contribution is -0.137. The summed E-state index contributed by atoms with van der Waals surface area (Å²) in [5, 5.41) is 11.0. The lowest BCUT2D eigenvalue weighted by Gasteiger charge is -2.21. The smallest absolute Gasteiger partial charge is 0.416 e. The van der Waals surface area contributed by atoms with E-state index in [2.05, 4.69) is 20.3 Å². The molecule has 1 saturated heterocycles. The van der Waals surface area contributed by atoms with Gasteiger partial charge in [0.1, 0.15) is 16.4 Å². The molecule has 4 rings (SSSR count). The van der Waals surface area contributed by atoms with E-state index < -0.39 is 35.8 Å². The summed E-state index contributed by atoms with van der Waals surface area (Å²) in [7, 11) is 0. The Kier molecular flexibility index (Phi) is 6.67. The Morgan fingerprint density at radius 1 is 1.16 bits per heavy atom. The molecule has 0 saturated carbocycles. The lowest BCUT2D eigenvalue weighted by atomic mass is 9.92. The number of imide groups is 1. The molecular weight excluding hydrogens is 525 g/mol. The Morgan fingerprint density at radius 2 is 1.84 bits per heavy atom. The third-order valence-electron chi connectivity index (χ3n) is 5.59. The van der Waals surface area contributed by atoms with Crippen LogP contribution in [0.5, 0.6) is 5.75 Å². The van der Waals surface area contributed by atoms with E-state index >= 15 is 0 Å². The summed E-state index contributed by atoms with van der Waals surface area (Å²) < 4.78 is 69.4. The number of aryl methyl sites for hydroxylation is 1. The van der Waals surface area contributed by atoms with Crippen LogP contribution in [-0.4, -0.2) is 39.6 Å². The molecule has 3 aromatic rings. The number of rotatable bonds is 6. The van der Waals surface area contributed by atoms with Gasteiger partial charge in [-0.05, 0) is 49.7 Å². The molecule has 0 radical (unpaired) electrons. The number of benzene rings is 2. The van der Waals surface area contributed by atoms with E-state index in [1.165, 1.54) is 50.2 Å². The van der Waals surface area contributed by atoms with Crippen molar-refractivity contribution >= 4 is 29.8 Å². The highest BCUT2D eigenvalue weighted by Gasteiger charge is 2.49. The van der Waals surface area contributed by atoms with Crippen LogP contribution in [0.15, 0.2) is 53.6 Å². The normalized spacial score (nSPS) is 18.2. The first-order valence-corrected chi connectivity index (χ1v) is 10.9. The van der Waals surface area contributed by atoms with Crippen molar-refractivity contribution in [3.63, 3.8) is 0 Å². The van der Waals surface area contributed by atoms with Crippen molar-refractivity contribution in [3.8, 4) is 11.4 Å². The van der Waals surface area contributed by atoms with Crippen molar-refractivity contribution in [2.45, 2.75) is 32.2 Å². The number of urea groups is 1. The predicted octanol–water partition coefficient (Wildman–Crippen LogP) is 5.26. The SMILES string of the molecule is Cc1nn(-c2cccc(C(F)(F)F)c2)c(Cl)c1/C=N/N1C(=O)NC(C)(c2ccc(OC(F)F)cc2)C1=O. The van der Waals surface area contributed by atoms with E-state index in [1.54, 1.807) is 0 Å². The number of aromatic nitrogens is 2. The Hall–Kier alpha value is -4.00. The van der Waals surface area contributed by atoms with Crippen LogP contribution in [0.3, 0.4) is 0 Å². The Labute approximate surface area is 211 Å². The minimum atomic E-state index is -4.57. The summed E-state index contributed by atoms with van der Waals surface area (Å²) >= 11 is 6.35. The van der Waals surface area contributed by atoms with Gasteiger partial charge in [0.15, 0.2) is 0 Å². The average molecular weight is 542 g/mol. The van der Waals surface area contributed by atoms with Gasteiger partial charge in [-0.15, -0.1) is 5.01 Å². The van der Waals surface area contributed by atoms with Crippen molar-refractivity contribution in [2.24, 2.45) is 5.10 Å². The molecule has 8 nitrogen and oxygen atoms in total. The number of amides is 3. The molecule has 2 heterocycles. The number of hydrogen-bond donors (Lipinski definition) is 1. The monoisotopic (exact) mass is 541 g/mol. The maximum absolute atomic E-state index is 13.1. The number of carbonyl (C=O) groups is 2. The largest absolute Gasteiger partial charge is 0.435 e. The minimum absolute atomic E-state index is 0.0458. The van der Waals surface area contributed by atoms with Gasteiger partial charge >= 0.3 is 18.8 Å². The molecule has 1 unspecified atom stereocenters. The van der Waals surface area contributed by atoms with E-state index in [4.69, 9.17) is 11.6 Å². The van der Waals surface area contributed by atoms with Crippen LogP contribution in [0.2, 0.25) is 5.15 Å². The van der Waals surface area contributed by atoms with Crippen molar-refractivity contribution in [1.29, 1.82) is 0 Å². The highest BCUT2D eigenvalue weighted by atomic mass is 35.5. The zero-order valence-corrected chi connectivity index (χ0v) is 19.8. The highest BCUT2D eigenvalue weighted by molar-refractivity contribution is 6.32. The molecule has 3 amide bonds. The molecule has 1 atom stereocenters. The number of carbonyl (C=O) groups excluding carboxylic acids is 2. The van der Waals surface area contributed by atoms with Crippen LogP contribution in [0.25, 0.3) is 5.69 Å². The lowest BCUT2D eigenvalue weighted by Crippen LogP contribution is -2.40. The number of hydrazone groups is 1. The average Bonchev–Trinajstić information content (AvgIpc) is 3.23. The summed E-state index contributed by atoms with van der Waals surface area (Å²) in [5.41, 5.74) is -1.67. The Morgan fingerprint density at radius 3 is 2.46 bits per heavy atom. The maximum atomic E-state index is 13.1. The van der Waals surface area contributed by atoms with Crippen molar-refractivity contribution in [1.82, 2.24) is 20.1 Å². The van der Waals surface area contributed by atoms with Crippen LogP contribution in [0.1, 0.15) is 29.3 Å². The standard InChI is InChI=1S/C23H17ClF5N5O3/c1-12-17(18(24)33(32-12)15-5-3-4-14(10-15)23(27,28)29)11-30-34-19(35)22(2,31-21(34)36)13-6-8-16(9-7-13)37-20(25)26/h3-11,20H,1-2H3,(H,31,36)/b30-11+. The fourth-order valence-corrected chi connectivity index (χ4v) is 3.97. The molecule has 0 aliphatic carbocycles. The molecule has 1 N–H and O–H groups in total. The fourth-order valence-electron chi connectivity index (χ4n) is 3.65. The van der Waals surface area contributed by atoms with Gasteiger partial charge in [0, 0.05) is 0 Å². The zero-order valence-electron chi connectivity index (χ0n) is 19.1. The second-order valence-electron chi connectivity index (χ2n) is 8.07. The summed E-state index contributed by atoms with van der Waals surface area (Å²) in [5.74, 6) is -0.896. The van der Waals surface area contributed by atoms with Gasteiger partial charge in [-0.1, -0.05) is 29.8 Å². The first kappa shape index (κ1) is 26.1. The second kappa shape index (κ2) is 9.47. The van der Waals surface area contributed by atoms with Crippen LogP contribution >= 0.6 is 11.6 Å². The van der Waals surface area contributed by atoms with Crippen LogP contribution in [0.4, 0.5) is 26.7 Å².